The minimum atomic E-state index is -0.177. The molecule has 4 nitrogen and oxygen atoms in total. The van der Waals surface area contributed by atoms with Gasteiger partial charge in [0.05, 0.1) is 11.6 Å². The van der Waals surface area contributed by atoms with Crippen molar-refractivity contribution < 1.29 is 9.53 Å². The van der Waals surface area contributed by atoms with E-state index in [1.165, 1.54) is 11.1 Å². The molecule has 1 aliphatic heterocycles. The van der Waals surface area contributed by atoms with E-state index in [0.29, 0.717) is 22.9 Å². The molecule has 3 rings (SSSR count). The first-order chi connectivity index (χ1) is 11.6. The molecule has 2 aromatic rings. The number of carbonyl (C=O) groups is 1. The number of nitrogens with zero attached hydrogens (tertiary/aromatic N) is 1. The van der Waals surface area contributed by atoms with Crippen molar-refractivity contribution in [3.8, 4) is 5.75 Å². The van der Waals surface area contributed by atoms with E-state index in [-0.39, 0.29) is 5.91 Å². The van der Waals surface area contributed by atoms with Gasteiger partial charge in [-0.1, -0.05) is 17.7 Å². The molecular weight excluding hydrogens is 324 g/mol. The number of benzene rings is 2. The van der Waals surface area contributed by atoms with Crippen molar-refractivity contribution in [1.29, 1.82) is 0 Å². The molecule has 2 aromatic carbocycles. The van der Waals surface area contributed by atoms with E-state index in [1.807, 2.05) is 13.0 Å². The van der Waals surface area contributed by atoms with Gasteiger partial charge in [-0.3, -0.25) is 4.79 Å². The standard InChI is InChI=1S/C19H21ClN2O2/c1-3-24-18-7-5-14(11-17(18)20)19(23)21-16-6-4-13-8-9-22(2)12-15(13)10-16/h4-7,10-11H,3,8-9,12H2,1-2H3,(H,21,23). The van der Waals surface area contributed by atoms with Gasteiger partial charge in [0.2, 0.25) is 0 Å². The van der Waals surface area contributed by atoms with Gasteiger partial charge in [0, 0.05) is 24.3 Å². The molecule has 1 heterocycles. The van der Waals surface area contributed by atoms with E-state index >= 15 is 0 Å². The van der Waals surface area contributed by atoms with Crippen LogP contribution in [0.2, 0.25) is 5.02 Å². The molecule has 0 saturated heterocycles. The molecule has 0 spiro atoms. The molecule has 0 atom stereocenters. The largest absolute Gasteiger partial charge is 0.492 e. The second kappa shape index (κ2) is 7.24. The molecule has 126 valence electrons. The maximum absolute atomic E-state index is 12.4. The Bertz CT molecular complexity index is 761. The average Bonchev–Trinajstić information content (AvgIpc) is 2.56. The minimum absolute atomic E-state index is 0.177. The second-order valence-electron chi connectivity index (χ2n) is 6.00. The third-order valence-electron chi connectivity index (χ3n) is 4.16. The summed E-state index contributed by atoms with van der Waals surface area (Å²) in [6, 6.07) is 11.2. The fourth-order valence-corrected chi connectivity index (χ4v) is 3.13. The summed E-state index contributed by atoms with van der Waals surface area (Å²) in [5.74, 6) is 0.414. The van der Waals surface area contributed by atoms with Gasteiger partial charge < -0.3 is 15.0 Å². The topological polar surface area (TPSA) is 41.6 Å². The van der Waals surface area contributed by atoms with Gasteiger partial charge >= 0.3 is 0 Å². The first-order valence-corrected chi connectivity index (χ1v) is 8.48. The van der Waals surface area contributed by atoms with Crippen LogP contribution in [0.25, 0.3) is 0 Å². The summed E-state index contributed by atoms with van der Waals surface area (Å²) in [4.78, 5) is 14.7. The average molecular weight is 345 g/mol. The number of hydrogen-bond acceptors (Lipinski definition) is 3. The number of rotatable bonds is 4. The highest BCUT2D eigenvalue weighted by atomic mass is 35.5. The van der Waals surface area contributed by atoms with E-state index < -0.39 is 0 Å². The quantitative estimate of drug-likeness (QED) is 0.912. The van der Waals surface area contributed by atoms with E-state index in [4.69, 9.17) is 16.3 Å². The number of nitrogens with one attached hydrogen (secondary N) is 1. The lowest BCUT2D eigenvalue weighted by atomic mass is 9.99. The SMILES string of the molecule is CCOc1ccc(C(=O)Nc2ccc3c(c2)CN(C)CC3)cc1Cl. The van der Waals surface area contributed by atoms with E-state index in [9.17, 15) is 4.79 Å². The van der Waals surface area contributed by atoms with Crippen LogP contribution in [-0.2, 0) is 13.0 Å². The monoisotopic (exact) mass is 344 g/mol. The first kappa shape index (κ1) is 16.8. The van der Waals surface area contributed by atoms with Gasteiger partial charge in [-0.25, -0.2) is 0 Å². The van der Waals surface area contributed by atoms with E-state index in [2.05, 4.69) is 29.4 Å². The van der Waals surface area contributed by atoms with Crippen LogP contribution in [0.4, 0.5) is 5.69 Å². The van der Waals surface area contributed by atoms with Crippen LogP contribution in [0.5, 0.6) is 5.75 Å². The van der Waals surface area contributed by atoms with Crippen LogP contribution in [0.15, 0.2) is 36.4 Å². The highest BCUT2D eigenvalue weighted by molar-refractivity contribution is 6.32. The van der Waals surface area contributed by atoms with Crippen LogP contribution in [-0.4, -0.2) is 31.0 Å². The fourth-order valence-electron chi connectivity index (χ4n) is 2.89. The molecule has 1 N–H and O–H groups in total. The predicted molar refractivity (Wildman–Crippen MR) is 97.1 cm³/mol. The van der Waals surface area contributed by atoms with Crippen LogP contribution in [0.3, 0.4) is 0 Å². The first-order valence-electron chi connectivity index (χ1n) is 8.11. The normalized spacial score (nSPS) is 14.1. The smallest absolute Gasteiger partial charge is 0.255 e. The van der Waals surface area contributed by atoms with Gasteiger partial charge in [0.1, 0.15) is 5.75 Å². The lowest BCUT2D eigenvalue weighted by Gasteiger charge is -2.25. The fraction of sp³-hybridized carbons (Fsp3) is 0.316. The Morgan fingerprint density at radius 2 is 2.08 bits per heavy atom. The van der Waals surface area contributed by atoms with Crippen LogP contribution >= 0.6 is 11.6 Å². The minimum Gasteiger partial charge on any atom is -0.492 e. The summed E-state index contributed by atoms with van der Waals surface area (Å²) < 4.78 is 5.39. The van der Waals surface area contributed by atoms with Crippen molar-refractivity contribution >= 4 is 23.2 Å². The van der Waals surface area contributed by atoms with Crippen molar-refractivity contribution in [1.82, 2.24) is 4.90 Å². The number of halogens is 1. The Balaban J connectivity index is 1.75. The maximum atomic E-state index is 12.4. The molecule has 1 aliphatic rings. The Morgan fingerprint density at radius 3 is 2.83 bits per heavy atom. The Labute approximate surface area is 147 Å². The number of anilines is 1. The number of hydrogen-bond donors (Lipinski definition) is 1. The van der Waals surface area contributed by atoms with Crippen molar-refractivity contribution in [3.05, 3.63) is 58.1 Å². The van der Waals surface area contributed by atoms with E-state index in [0.717, 1.165) is 25.2 Å². The predicted octanol–water partition coefficient (Wildman–Crippen LogP) is 3.98. The van der Waals surface area contributed by atoms with Crippen LogP contribution < -0.4 is 10.1 Å². The van der Waals surface area contributed by atoms with Crippen molar-refractivity contribution in [2.24, 2.45) is 0 Å². The molecule has 0 bridgehead atoms. The summed E-state index contributed by atoms with van der Waals surface area (Å²) in [5.41, 5.74) is 3.94. The van der Waals surface area contributed by atoms with E-state index in [1.54, 1.807) is 18.2 Å². The Morgan fingerprint density at radius 1 is 1.25 bits per heavy atom. The third-order valence-corrected chi connectivity index (χ3v) is 4.46. The molecule has 0 aromatic heterocycles. The zero-order valence-corrected chi connectivity index (χ0v) is 14.7. The summed E-state index contributed by atoms with van der Waals surface area (Å²) >= 11 is 6.16. The molecule has 0 fully saturated rings. The number of fused-ring (bicyclic) bond motifs is 1. The zero-order chi connectivity index (χ0) is 17.1. The van der Waals surface area contributed by atoms with Crippen molar-refractivity contribution in [2.75, 3.05) is 25.5 Å². The summed E-state index contributed by atoms with van der Waals surface area (Å²) in [7, 11) is 2.11. The summed E-state index contributed by atoms with van der Waals surface area (Å²) in [6.45, 7) is 4.41. The molecular formula is C19H21ClN2O2. The second-order valence-corrected chi connectivity index (χ2v) is 6.41. The highest BCUT2D eigenvalue weighted by Crippen LogP contribution is 2.26. The third kappa shape index (κ3) is 3.71. The lowest BCUT2D eigenvalue weighted by Crippen LogP contribution is -2.26. The molecule has 5 heteroatoms. The van der Waals surface area contributed by atoms with Crippen molar-refractivity contribution in [3.63, 3.8) is 0 Å². The van der Waals surface area contributed by atoms with Crippen LogP contribution in [0.1, 0.15) is 28.4 Å². The maximum Gasteiger partial charge on any atom is 0.255 e. The van der Waals surface area contributed by atoms with Gasteiger partial charge in [-0.2, -0.15) is 0 Å². The number of likely N-dealkylation sites (N-methyl/N-ethyl adjacent to an activating group) is 1. The number of ether oxygens (including phenoxy) is 1. The van der Waals surface area contributed by atoms with Gasteiger partial charge in [-0.15, -0.1) is 0 Å². The summed E-state index contributed by atoms with van der Waals surface area (Å²) in [5, 5.41) is 3.39. The summed E-state index contributed by atoms with van der Waals surface area (Å²) in [6.07, 6.45) is 1.05. The molecule has 24 heavy (non-hydrogen) atoms. The Hall–Kier alpha value is -2.04. The lowest BCUT2D eigenvalue weighted by molar-refractivity contribution is 0.102. The van der Waals surface area contributed by atoms with Crippen molar-refractivity contribution in [2.45, 2.75) is 19.9 Å². The molecule has 0 unspecified atom stereocenters. The molecule has 1 amide bonds. The number of carbonyl (C=O) groups excluding carboxylic acids is 1. The van der Waals surface area contributed by atoms with Gasteiger partial charge in [0.25, 0.3) is 5.91 Å². The molecule has 0 saturated carbocycles. The zero-order valence-electron chi connectivity index (χ0n) is 13.9. The highest BCUT2D eigenvalue weighted by Gasteiger charge is 2.15. The van der Waals surface area contributed by atoms with Gasteiger partial charge in [-0.05, 0) is 61.9 Å². The number of amides is 1. The molecule has 0 radical (unpaired) electrons. The Kier molecular flexibility index (Phi) is 5.07. The van der Waals surface area contributed by atoms with Gasteiger partial charge in [0.15, 0.2) is 0 Å². The molecule has 0 aliphatic carbocycles. The van der Waals surface area contributed by atoms with Crippen LogP contribution in [0, 0.1) is 0 Å².